The van der Waals surface area contributed by atoms with E-state index in [1.807, 2.05) is 24.2 Å². The maximum atomic E-state index is 12.6. The van der Waals surface area contributed by atoms with Crippen LogP contribution in [0.15, 0.2) is 12.4 Å². The molecular formula is C18H31N5O2. The molecule has 7 nitrogen and oxygen atoms in total. The van der Waals surface area contributed by atoms with Gasteiger partial charge in [-0.05, 0) is 26.8 Å². The van der Waals surface area contributed by atoms with Crippen molar-refractivity contribution in [3.05, 3.63) is 18.2 Å². The molecular weight excluding hydrogens is 318 g/mol. The highest BCUT2D eigenvalue weighted by atomic mass is 16.5. The minimum Gasteiger partial charge on any atom is -0.378 e. The van der Waals surface area contributed by atoms with Crippen LogP contribution in [0.3, 0.4) is 0 Å². The fraction of sp³-hybridized carbons (Fsp3) is 0.778. The lowest BCUT2D eigenvalue weighted by molar-refractivity contribution is -0.141. The van der Waals surface area contributed by atoms with Crippen LogP contribution < -0.4 is 0 Å². The van der Waals surface area contributed by atoms with Gasteiger partial charge in [-0.25, -0.2) is 4.98 Å². The SMILES string of the molecule is Cc1nccn1CCCN1CCN(C(C)C(=O)N2CCOCC2)CC1. The Morgan fingerprint density at radius 3 is 2.52 bits per heavy atom. The van der Waals surface area contributed by atoms with Gasteiger partial charge in [0.05, 0.1) is 19.3 Å². The molecule has 1 amide bonds. The monoisotopic (exact) mass is 349 g/mol. The smallest absolute Gasteiger partial charge is 0.239 e. The van der Waals surface area contributed by atoms with Crippen LogP contribution in [-0.4, -0.2) is 95.2 Å². The van der Waals surface area contributed by atoms with Gasteiger partial charge < -0.3 is 19.1 Å². The number of carbonyl (C=O) groups excluding carboxylic acids is 1. The van der Waals surface area contributed by atoms with Crippen molar-refractivity contribution in [2.45, 2.75) is 32.9 Å². The van der Waals surface area contributed by atoms with Gasteiger partial charge in [-0.15, -0.1) is 0 Å². The fourth-order valence-corrected chi connectivity index (χ4v) is 3.68. The molecule has 2 saturated heterocycles. The van der Waals surface area contributed by atoms with Crippen LogP contribution in [0.4, 0.5) is 0 Å². The van der Waals surface area contributed by atoms with E-state index in [0.29, 0.717) is 13.2 Å². The third-order valence-electron chi connectivity index (χ3n) is 5.43. The van der Waals surface area contributed by atoms with Gasteiger partial charge in [-0.1, -0.05) is 0 Å². The van der Waals surface area contributed by atoms with Gasteiger partial charge >= 0.3 is 0 Å². The first-order valence-electron chi connectivity index (χ1n) is 9.46. The van der Waals surface area contributed by atoms with Gasteiger partial charge in [0.15, 0.2) is 0 Å². The minimum atomic E-state index is -0.0196. The molecule has 2 fully saturated rings. The largest absolute Gasteiger partial charge is 0.378 e. The number of rotatable bonds is 6. The molecule has 0 bridgehead atoms. The molecule has 2 aliphatic rings. The Hall–Kier alpha value is -1.44. The molecule has 1 unspecified atom stereocenters. The number of piperazine rings is 1. The summed E-state index contributed by atoms with van der Waals surface area (Å²) in [6, 6.07) is -0.0196. The van der Waals surface area contributed by atoms with Crippen LogP contribution in [-0.2, 0) is 16.1 Å². The zero-order valence-electron chi connectivity index (χ0n) is 15.6. The van der Waals surface area contributed by atoms with Crippen molar-refractivity contribution in [1.82, 2.24) is 24.3 Å². The van der Waals surface area contributed by atoms with Gasteiger partial charge in [-0.2, -0.15) is 0 Å². The summed E-state index contributed by atoms with van der Waals surface area (Å²) in [6.07, 6.45) is 5.05. The fourth-order valence-electron chi connectivity index (χ4n) is 3.68. The second kappa shape index (κ2) is 8.78. The Balaban J connectivity index is 1.37. The Labute approximate surface area is 150 Å². The lowest BCUT2D eigenvalue weighted by Crippen LogP contribution is -2.56. The maximum absolute atomic E-state index is 12.6. The van der Waals surface area contributed by atoms with E-state index in [-0.39, 0.29) is 11.9 Å². The number of morpholine rings is 1. The molecule has 3 rings (SSSR count). The van der Waals surface area contributed by atoms with E-state index in [1.165, 1.54) is 0 Å². The van der Waals surface area contributed by atoms with Crippen molar-refractivity contribution in [3.8, 4) is 0 Å². The molecule has 2 aliphatic heterocycles. The topological polar surface area (TPSA) is 53.8 Å². The quantitative estimate of drug-likeness (QED) is 0.746. The molecule has 0 aliphatic carbocycles. The van der Waals surface area contributed by atoms with Crippen molar-refractivity contribution in [3.63, 3.8) is 0 Å². The second-order valence-electron chi connectivity index (χ2n) is 7.01. The molecule has 1 aromatic rings. The van der Waals surface area contributed by atoms with E-state index in [2.05, 4.69) is 26.3 Å². The predicted molar refractivity (Wildman–Crippen MR) is 96.5 cm³/mol. The van der Waals surface area contributed by atoms with Crippen molar-refractivity contribution >= 4 is 5.91 Å². The number of hydrogen-bond acceptors (Lipinski definition) is 5. The summed E-state index contributed by atoms with van der Waals surface area (Å²) in [4.78, 5) is 23.7. The third kappa shape index (κ3) is 4.80. The molecule has 1 atom stereocenters. The molecule has 0 N–H and O–H groups in total. The van der Waals surface area contributed by atoms with Gasteiger partial charge in [0.1, 0.15) is 5.82 Å². The van der Waals surface area contributed by atoms with Crippen LogP contribution in [0, 0.1) is 6.92 Å². The van der Waals surface area contributed by atoms with Crippen molar-refractivity contribution < 1.29 is 9.53 Å². The predicted octanol–water partition coefficient (Wildman–Crippen LogP) is 0.447. The number of nitrogens with zero attached hydrogens (tertiary/aromatic N) is 5. The second-order valence-corrected chi connectivity index (χ2v) is 7.01. The highest BCUT2D eigenvalue weighted by molar-refractivity contribution is 5.81. The third-order valence-corrected chi connectivity index (χ3v) is 5.43. The zero-order valence-corrected chi connectivity index (χ0v) is 15.6. The van der Waals surface area contributed by atoms with Crippen molar-refractivity contribution in [1.29, 1.82) is 0 Å². The molecule has 3 heterocycles. The molecule has 7 heteroatoms. The van der Waals surface area contributed by atoms with Crippen molar-refractivity contribution in [2.24, 2.45) is 0 Å². The molecule has 1 aromatic heterocycles. The van der Waals surface area contributed by atoms with Crippen LogP contribution in [0.5, 0.6) is 0 Å². The highest BCUT2D eigenvalue weighted by Gasteiger charge is 2.29. The first kappa shape index (κ1) is 18.4. The normalized spacial score (nSPS) is 21.4. The summed E-state index contributed by atoms with van der Waals surface area (Å²) < 4.78 is 7.55. The Bertz CT molecular complexity index is 547. The number of ether oxygens (including phenoxy) is 1. The number of hydrogen-bond donors (Lipinski definition) is 0. The van der Waals surface area contributed by atoms with E-state index in [4.69, 9.17) is 4.74 Å². The van der Waals surface area contributed by atoms with Crippen LogP contribution in [0.1, 0.15) is 19.2 Å². The number of imidazole rings is 1. The van der Waals surface area contributed by atoms with Gasteiger partial charge in [0.2, 0.25) is 5.91 Å². The average Bonchev–Trinajstić information content (AvgIpc) is 3.07. The van der Waals surface area contributed by atoms with Crippen LogP contribution in [0.25, 0.3) is 0 Å². The summed E-state index contributed by atoms with van der Waals surface area (Å²) in [5.41, 5.74) is 0. The van der Waals surface area contributed by atoms with E-state index in [9.17, 15) is 4.79 Å². The lowest BCUT2D eigenvalue weighted by atomic mass is 10.2. The number of amides is 1. The van der Waals surface area contributed by atoms with Gasteiger partial charge in [0, 0.05) is 58.2 Å². The summed E-state index contributed by atoms with van der Waals surface area (Å²) in [5, 5.41) is 0. The molecule has 0 saturated carbocycles. The minimum absolute atomic E-state index is 0.0196. The van der Waals surface area contributed by atoms with Crippen molar-refractivity contribution in [2.75, 3.05) is 59.0 Å². The number of aromatic nitrogens is 2. The maximum Gasteiger partial charge on any atom is 0.239 e. The Kier molecular flexibility index (Phi) is 6.45. The first-order valence-corrected chi connectivity index (χ1v) is 9.46. The molecule has 0 aromatic carbocycles. The van der Waals surface area contributed by atoms with E-state index < -0.39 is 0 Å². The van der Waals surface area contributed by atoms with Gasteiger partial charge in [0.25, 0.3) is 0 Å². The Morgan fingerprint density at radius 1 is 1.16 bits per heavy atom. The summed E-state index contributed by atoms with van der Waals surface area (Å²) in [5.74, 6) is 1.34. The molecule has 0 radical (unpaired) electrons. The molecule has 140 valence electrons. The summed E-state index contributed by atoms with van der Waals surface area (Å²) >= 11 is 0. The average molecular weight is 349 g/mol. The molecule has 0 spiro atoms. The van der Waals surface area contributed by atoms with E-state index >= 15 is 0 Å². The highest BCUT2D eigenvalue weighted by Crippen LogP contribution is 2.11. The number of carbonyl (C=O) groups is 1. The summed E-state index contributed by atoms with van der Waals surface area (Å²) in [6.45, 7) is 13.1. The standard InChI is InChI=1S/C18H31N5O2/c1-16(18(24)23-12-14-25-15-13-23)21-10-8-20(9-11-21)5-3-6-22-7-4-19-17(22)2/h4,7,16H,3,5-6,8-15H2,1-2H3. The van der Waals surface area contributed by atoms with E-state index in [0.717, 1.165) is 64.6 Å². The molecule has 25 heavy (non-hydrogen) atoms. The number of aryl methyl sites for hydroxylation is 2. The summed E-state index contributed by atoms with van der Waals surface area (Å²) in [7, 11) is 0. The van der Waals surface area contributed by atoms with Crippen LogP contribution in [0.2, 0.25) is 0 Å². The van der Waals surface area contributed by atoms with E-state index in [1.54, 1.807) is 0 Å². The lowest BCUT2D eigenvalue weighted by Gasteiger charge is -2.39. The van der Waals surface area contributed by atoms with Crippen LogP contribution >= 0.6 is 0 Å². The van der Waals surface area contributed by atoms with Gasteiger partial charge in [-0.3, -0.25) is 9.69 Å². The Morgan fingerprint density at radius 2 is 1.88 bits per heavy atom. The zero-order chi connectivity index (χ0) is 17.6. The first-order chi connectivity index (χ1) is 12.1.